The molecule has 1 fully saturated rings. The summed E-state index contributed by atoms with van der Waals surface area (Å²) in [7, 11) is 3.96. The lowest BCUT2D eigenvalue weighted by atomic mass is 9.86. The van der Waals surface area contributed by atoms with Crippen molar-refractivity contribution in [3.8, 4) is 0 Å². The SMILES string of the molecule is CN(C)c1nc(N[C@H]2CC[C@@H](CNC(=O)OCc3ccc([N+](=O)[O-])cc3)CC2)nc2ccccc12. The number of non-ortho nitro benzene ring substituents is 1. The molecule has 0 radical (unpaired) electrons. The first-order valence-electron chi connectivity index (χ1n) is 11.7. The second kappa shape index (κ2) is 11.0. The topological polar surface area (TPSA) is 123 Å². The molecule has 0 saturated heterocycles. The van der Waals surface area contributed by atoms with Gasteiger partial charge in [-0.1, -0.05) is 12.1 Å². The molecule has 10 nitrogen and oxygen atoms in total. The fourth-order valence-electron chi connectivity index (χ4n) is 4.30. The number of amides is 1. The van der Waals surface area contributed by atoms with Crippen molar-refractivity contribution in [1.29, 1.82) is 0 Å². The number of rotatable bonds is 8. The molecule has 35 heavy (non-hydrogen) atoms. The largest absolute Gasteiger partial charge is 0.445 e. The third-order valence-electron chi connectivity index (χ3n) is 6.24. The predicted molar refractivity (Wildman–Crippen MR) is 135 cm³/mol. The molecule has 4 rings (SSSR count). The number of nitrogens with zero attached hydrogens (tertiary/aromatic N) is 4. The summed E-state index contributed by atoms with van der Waals surface area (Å²) in [5.41, 5.74) is 1.62. The minimum Gasteiger partial charge on any atom is -0.445 e. The third-order valence-corrected chi connectivity index (χ3v) is 6.24. The second-order valence-electron chi connectivity index (χ2n) is 9.02. The van der Waals surface area contributed by atoms with E-state index in [9.17, 15) is 14.9 Å². The number of hydrogen-bond acceptors (Lipinski definition) is 8. The summed E-state index contributed by atoms with van der Waals surface area (Å²) in [6.07, 6.45) is 3.42. The van der Waals surface area contributed by atoms with E-state index in [4.69, 9.17) is 14.7 Å². The molecule has 1 amide bonds. The van der Waals surface area contributed by atoms with Crippen LogP contribution in [0.1, 0.15) is 31.2 Å². The summed E-state index contributed by atoms with van der Waals surface area (Å²) in [6, 6.07) is 14.3. The monoisotopic (exact) mass is 478 g/mol. The maximum Gasteiger partial charge on any atom is 0.407 e. The van der Waals surface area contributed by atoms with Crippen LogP contribution in [0, 0.1) is 16.0 Å². The summed E-state index contributed by atoms with van der Waals surface area (Å²) >= 11 is 0. The lowest BCUT2D eigenvalue weighted by molar-refractivity contribution is -0.384. The van der Waals surface area contributed by atoms with Gasteiger partial charge in [-0.15, -0.1) is 0 Å². The van der Waals surface area contributed by atoms with Gasteiger partial charge in [-0.25, -0.2) is 9.78 Å². The zero-order valence-electron chi connectivity index (χ0n) is 19.9. The predicted octanol–water partition coefficient (Wildman–Crippen LogP) is 4.50. The van der Waals surface area contributed by atoms with Crippen molar-refractivity contribution >= 4 is 34.4 Å². The van der Waals surface area contributed by atoms with Crippen LogP contribution in [0.25, 0.3) is 10.9 Å². The molecule has 184 valence electrons. The number of benzene rings is 2. The van der Waals surface area contributed by atoms with Crippen LogP contribution in [0.4, 0.5) is 22.2 Å². The van der Waals surface area contributed by atoms with Gasteiger partial charge in [0.15, 0.2) is 0 Å². The van der Waals surface area contributed by atoms with Crippen molar-refractivity contribution < 1.29 is 14.5 Å². The van der Waals surface area contributed by atoms with E-state index in [-0.39, 0.29) is 18.3 Å². The van der Waals surface area contributed by atoms with Crippen molar-refractivity contribution in [2.24, 2.45) is 5.92 Å². The zero-order chi connectivity index (χ0) is 24.8. The molecular formula is C25H30N6O4. The number of nitro groups is 1. The van der Waals surface area contributed by atoms with Crippen LogP contribution in [0.5, 0.6) is 0 Å². The molecular weight excluding hydrogens is 448 g/mol. The smallest absolute Gasteiger partial charge is 0.407 e. The molecule has 2 N–H and O–H groups in total. The van der Waals surface area contributed by atoms with E-state index in [0.717, 1.165) is 42.4 Å². The number of nitro benzene ring substituents is 1. The first kappa shape index (κ1) is 24.2. The van der Waals surface area contributed by atoms with Crippen LogP contribution in [-0.4, -0.2) is 47.7 Å². The van der Waals surface area contributed by atoms with Gasteiger partial charge in [0.05, 0.1) is 10.4 Å². The van der Waals surface area contributed by atoms with Gasteiger partial charge in [-0.2, -0.15) is 4.98 Å². The summed E-state index contributed by atoms with van der Waals surface area (Å²) in [5, 5.41) is 18.1. The van der Waals surface area contributed by atoms with Crippen molar-refractivity contribution in [3.63, 3.8) is 0 Å². The van der Waals surface area contributed by atoms with E-state index in [1.807, 2.05) is 43.3 Å². The number of fused-ring (bicyclic) bond motifs is 1. The fourth-order valence-corrected chi connectivity index (χ4v) is 4.30. The number of hydrogen-bond donors (Lipinski definition) is 2. The Bertz CT molecular complexity index is 1180. The van der Waals surface area contributed by atoms with Gasteiger partial charge in [0.2, 0.25) is 5.95 Å². The number of carbonyl (C=O) groups excluding carboxylic acids is 1. The van der Waals surface area contributed by atoms with Gasteiger partial charge in [0, 0.05) is 44.2 Å². The lowest BCUT2D eigenvalue weighted by Gasteiger charge is -2.29. The number of para-hydroxylation sites is 1. The highest BCUT2D eigenvalue weighted by Gasteiger charge is 2.23. The quantitative estimate of drug-likeness (QED) is 0.358. The molecule has 10 heteroatoms. The average molecular weight is 479 g/mol. The van der Waals surface area contributed by atoms with E-state index in [2.05, 4.69) is 10.6 Å². The van der Waals surface area contributed by atoms with Crippen molar-refractivity contribution in [1.82, 2.24) is 15.3 Å². The van der Waals surface area contributed by atoms with Gasteiger partial charge in [0.25, 0.3) is 5.69 Å². The minimum absolute atomic E-state index is 0.00797. The molecule has 0 atom stereocenters. The Kier molecular flexibility index (Phi) is 7.59. The third kappa shape index (κ3) is 6.34. The van der Waals surface area contributed by atoms with Crippen LogP contribution >= 0.6 is 0 Å². The van der Waals surface area contributed by atoms with Gasteiger partial charge in [-0.05, 0) is 61.4 Å². The van der Waals surface area contributed by atoms with E-state index < -0.39 is 11.0 Å². The Labute approximate surface area is 203 Å². The molecule has 1 heterocycles. The number of nitrogens with one attached hydrogen (secondary N) is 2. The molecule has 0 bridgehead atoms. The summed E-state index contributed by atoms with van der Waals surface area (Å²) < 4.78 is 5.23. The van der Waals surface area contributed by atoms with E-state index in [1.165, 1.54) is 12.1 Å². The highest BCUT2D eigenvalue weighted by Crippen LogP contribution is 2.28. The Balaban J connectivity index is 1.21. The van der Waals surface area contributed by atoms with E-state index >= 15 is 0 Å². The van der Waals surface area contributed by atoms with Gasteiger partial charge < -0.3 is 20.3 Å². The molecule has 2 aromatic carbocycles. The van der Waals surface area contributed by atoms with Crippen LogP contribution in [0.2, 0.25) is 0 Å². The summed E-state index contributed by atoms with van der Waals surface area (Å²) in [5.74, 6) is 1.92. The number of aromatic nitrogens is 2. The number of ether oxygens (including phenoxy) is 1. The zero-order valence-corrected chi connectivity index (χ0v) is 19.9. The van der Waals surface area contributed by atoms with Crippen molar-refractivity contribution in [2.45, 2.75) is 38.3 Å². The second-order valence-corrected chi connectivity index (χ2v) is 9.02. The highest BCUT2D eigenvalue weighted by molar-refractivity contribution is 5.90. The van der Waals surface area contributed by atoms with Crippen LogP contribution in [0.15, 0.2) is 48.5 Å². The normalized spacial score (nSPS) is 17.5. The first-order chi connectivity index (χ1) is 16.9. The molecule has 0 aliphatic heterocycles. The van der Waals surface area contributed by atoms with E-state index in [0.29, 0.717) is 24.0 Å². The average Bonchev–Trinajstić information content (AvgIpc) is 2.86. The highest BCUT2D eigenvalue weighted by atomic mass is 16.6. The molecule has 1 saturated carbocycles. The summed E-state index contributed by atoms with van der Waals surface area (Å²) in [4.78, 5) is 33.7. The van der Waals surface area contributed by atoms with E-state index in [1.54, 1.807) is 12.1 Å². The Morgan fingerprint density at radius 1 is 1.09 bits per heavy atom. The number of carbonyl (C=O) groups is 1. The first-order valence-corrected chi connectivity index (χ1v) is 11.7. The Morgan fingerprint density at radius 3 is 2.49 bits per heavy atom. The van der Waals surface area contributed by atoms with Gasteiger partial charge in [0.1, 0.15) is 12.4 Å². The Hall–Kier alpha value is -3.95. The minimum atomic E-state index is -0.482. The standard InChI is InChI=1S/C25H30N6O4/c1-30(2)23-21-5-3-4-6-22(21)28-24(29-23)27-19-11-7-17(8-12-19)15-26-25(32)35-16-18-9-13-20(14-10-18)31(33)34/h3-6,9-10,13-14,17,19H,7-8,11-12,15-16H2,1-2H3,(H,26,32)(H,27,28,29)/t17-,19+. The number of anilines is 2. The lowest BCUT2D eigenvalue weighted by Crippen LogP contribution is -2.34. The molecule has 1 aromatic heterocycles. The van der Waals surface area contributed by atoms with Gasteiger partial charge in [-0.3, -0.25) is 10.1 Å². The van der Waals surface area contributed by atoms with Gasteiger partial charge >= 0.3 is 6.09 Å². The number of alkyl carbamates (subject to hydrolysis) is 1. The molecule has 1 aliphatic rings. The Morgan fingerprint density at radius 2 is 1.80 bits per heavy atom. The fraction of sp³-hybridized carbons (Fsp3) is 0.400. The maximum atomic E-state index is 12.1. The van der Waals surface area contributed by atoms with Crippen molar-refractivity contribution in [2.75, 3.05) is 30.9 Å². The molecule has 0 spiro atoms. The van der Waals surface area contributed by atoms with Crippen LogP contribution in [0.3, 0.4) is 0 Å². The molecule has 3 aromatic rings. The molecule has 1 aliphatic carbocycles. The summed E-state index contributed by atoms with van der Waals surface area (Å²) in [6.45, 7) is 0.629. The molecule has 0 unspecified atom stereocenters. The maximum absolute atomic E-state index is 12.1. The van der Waals surface area contributed by atoms with Crippen molar-refractivity contribution in [3.05, 3.63) is 64.2 Å². The van der Waals surface area contributed by atoms with Crippen LogP contribution in [-0.2, 0) is 11.3 Å². The van der Waals surface area contributed by atoms with Crippen LogP contribution < -0.4 is 15.5 Å².